The van der Waals surface area contributed by atoms with Crippen LogP contribution >= 0.6 is 12.2 Å². The molecule has 0 amide bonds. The minimum atomic E-state index is -3.54. The molecule has 0 radical (unpaired) electrons. The van der Waals surface area contributed by atoms with Gasteiger partial charge in [-0.05, 0) is 61.1 Å². The summed E-state index contributed by atoms with van der Waals surface area (Å²) in [4.78, 5) is 2.46. The molecule has 8 nitrogen and oxygen atoms in total. The van der Waals surface area contributed by atoms with E-state index in [-0.39, 0.29) is 4.90 Å². The van der Waals surface area contributed by atoms with Gasteiger partial charge in [0.1, 0.15) is 5.75 Å². The number of piperazine rings is 1. The molecule has 1 aliphatic heterocycles. The second kappa shape index (κ2) is 8.53. The van der Waals surface area contributed by atoms with Crippen LogP contribution in [0.4, 0.5) is 0 Å². The fourth-order valence-electron chi connectivity index (χ4n) is 4.31. The highest BCUT2D eigenvalue weighted by atomic mass is 32.2. The molecule has 4 aromatic rings. The molecule has 10 heteroatoms. The van der Waals surface area contributed by atoms with Crippen molar-refractivity contribution in [1.82, 2.24) is 23.4 Å². The molecule has 0 atom stereocenters. The maximum absolute atomic E-state index is 13.0. The molecule has 1 fully saturated rings. The third kappa shape index (κ3) is 3.93. The van der Waals surface area contributed by atoms with Crippen molar-refractivity contribution in [3.8, 4) is 5.75 Å². The number of sulfonamides is 1. The number of methoxy groups -OCH3 is 1. The first-order valence-corrected chi connectivity index (χ1v) is 12.6. The molecule has 2 aromatic heterocycles. The van der Waals surface area contributed by atoms with Crippen molar-refractivity contribution in [3.63, 3.8) is 0 Å². The smallest absolute Gasteiger partial charge is 0.243 e. The number of nitrogens with zero attached hydrogens (tertiary/aromatic N) is 5. The number of hydrogen-bond acceptors (Lipinski definition) is 6. The van der Waals surface area contributed by atoms with Crippen LogP contribution in [-0.4, -0.2) is 65.1 Å². The summed E-state index contributed by atoms with van der Waals surface area (Å²) in [6.45, 7) is 4.63. The summed E-state index contributed by atoms with van der Waals surface area (Å²) in [7, 11) is -1.98. The fourth-order valence-corrected chi connectivity index (χ4v) is 6.02. The number of ether oxygens (including phenoxy) is 1. The molecule has 1 aliphatic rings. The normalized spacial score (nSPS) is 15.9. The summed E-state index contributed by atoms with van der Waals surface area (Å²) in [6.07, 6.45) is 0. The number of pyridine rings is 1. The van der Waals surface area contributed by atoms with Crippen molar-refractivity contribution < 1.29 is 13.2 Å². The lowest BCUT2D eigenvalue weighted by atomic mass is 10.1. The molecule has 0 unspecified atom stereocenters. The molecular formula is C23H25N5O3S2. The monoisotopic (exact) mass is 483 g/mol. The van der Waals surface area contributed by atoms with Gasteiger partial charge >= 0.3 is 0 Å². The van der Waals surface area contributed by atoms with Crippen LogP contribution in [-0.2, 0) is 16.7 Å². The lowest BCUT2D eigenvalue weighted by Gasteiger charge is -2.33. The Kier molecular flexibility index (Phi) is 5.69. The summed E-state index contributed by atoms with van der Waals surface area (Å²) in [6, 6.07) is 16.7. The predicted octanol–water partition coefficient (Wildman–Crippen LogP) is 3.30. The van der Waals surface area contributed by atoms with Gasteiger partial charge in [0.05, 0.1) is 24.2 Å². The van der Waals surface area contributed by atoms with E-state index in [0.717, 1.165) is 22.1 Å². The first-order valence-electron chi connectivity index (χ1n) is 10.7. The van der Waals surface area contributed by atoms with Crippen molar-refractivity contribution in [2.75, 3.05) is 33.3 Å². The SMILES string of the molecule is COc1ccc(S(=O)(=O)N2CCN(Cn3nc4cc(C)c5ccccc5n4c3=S)CC2)cc1. The Labute approximate surface area is 197 Å². The standard InChI is InChI=1S/C23H25N5O3S2/c1-17-15-22-24-27(23(32)28(22)21-6-4-3-5-20(17)21)16-25-11-13-26(14-12-25)33(29,30)19-9-7-18(31-2)8-10-19/h3-10,15H,11-14,16H2,1-2H3. The largest absolute Gasteiger partial charge is 0.497 e. The third-order valence-corrected chi connectivity index (χ3v) is 8.45. The van der Waals surface area contributed by atoms with Gasteiger partial charge in [0.25, 0.3) is 0 Å². The highest BCUT2D eigenvalue weighted by Crippen LogP contribution is 2.23. The minimum Gasteiger partial charge on any atom is -0.497 e. The van der Waals surface area contributed by atoms with Crippen molar-refractivity contribution in [2.24, 2.45) is 0 Å². The number of benzene rings is 2. The Morgan fingerprint density at radius 3 is 2.42 bits per heavy atom. The summed E-state index contributed by atoms with van der Waals surface area (Å²) in [5.74, 6) is 0.630. The number of aromatic nitrogens is 3. The lowest BCUT2D eigenvalue weighted by molar-refractivity contribution is 0.145. The Balaban J connectivity index is 1.34. The molecule has 0 bridgehead atoms. The molecule has 172 valence electrons. The Morgan fingerprint density at radius 2 is 1.73 bits per heavy atom. The quantitative estimate of drug-likeness (QED) is 0.406. The van der Waals surface area contributed by atoms with Crippen LogP contribution < -0.4 is 4.74 Å². The Bertz CT molecular complexity index is 1480. The topological polar surface area (TPSA) is 72.1 Å². The van der Waals surface area contributed by atoms with E-state index < -0.39 is 10.0 Å². The predicted molar refractivity (Wildman–Crippen MR) is 130 cm³/mol. The molecule has 5 rings (SSSR count). The van der Waals surface area contributed by atoms with Crippen LogP contribution in [0.2, 0.25) is 0 Å². The van der Waals surface area contributed by atoms with Gasteiger partial charge in [-0.3, -0.25) is 9.30 Å². The number of rotatable bonds is 5. The van der Waals surface area contributed by atoms with Gasteiger partial charge in [-0.2, -0.15) is 9.40 Å². The molecular weight excluding hydrogens is 458 g/mol. The first kappa shape index (κ1) is 22.0. The Morgan fingerprint density at radius 1 is 1.03 bits per heavy atom. The van der Waals surface area contributed by atoms with E-state index in [1.807, 2.05) is 27.3 Å². The van der Waals surface area contributed by atoms with Crippen molar-refractivity contribution >= 4 is 38.8 Å². The van der Waals surface area contributed by atoms with Gasteiger partial charge in [-0.25, -0.2) is 13.1 Å². The van der Waals surface area contributed by atoms with Gasteiger partial charge < -0.3 is 4.74 Å². The van der Waals surface area contributed by atoms with Gasteiger partial charge in [0.2, 0.25) is 14.8 Å². The van der Waals surface area contributed by atoms with E-state index in [1.165, 1.54) is 4.31 Å². The number of hydrogen-bond donors (Lipinski definition) is 0. The number of para-hydroxylation sites is 1. The number of aryl methyl sites for hydroxylation is 1. The molecule has 3 heterocycles. The molecule has 0 saturated carbocycles. The fraction of sp³-hybridized carbons (Fsp3) is 0.304. The molecule has 0 aliphatic carbocycles. The van der Waals surface area contributed by atoms with Crippen molar-refractivity contribution in [1.29, 1.82) is 0 Å². The molecule has 2 aromatic carbocycles. The van der Waals surface area contributed by atoms with Crippen LogP contribution in [0, 0.1) is 11.7 Å². The molecule has 33 heavy (non-hydrogen) atoms. The third-order valence-electron chi connectivity index (χ3n) is 6.14. The van der Waals surface area contributed by atoms with Crippen molar-refractivity contribution in [3.05, 3.63) is 64.9 Å². The van der Waals surface area contributed by atoms with E-state index in [9.17, 15) is 8.42 Å². The average Bonchev–Trinajstić information content (AvgIpc) is 3.14. The second-order valence-electron chi connectivity index (χ2n) is 8.16. The minimum absolute atomic E-state index is 0.279. The van der Waals surface area contributed by atoms with Crippen LogP contribution in [0.1, 0.15) is 5.56 Å². The second-order valence-corrected chi connectivity index (χ2v) is 10.5. The highest BCUT2D eigenvalue weighted by Gasteiger charge is 2.28. The Hall–Kier alpha value is -2.79. The van der Waals surface area contributed by atoms with E-state index in [0.29, 0.717) is 43.4 Å². The number of fused-ring (bicyclic) bond motifs is 3. The van der Waals surface area contributed by atoms with Crippen LogP contribution in [0.3, 0.4) is 0 Å². The molecule has 0 spiro atoms. The summed E-state index contributed by atoms with van der Waals surface area (Å²) in [5, 5.41) is 5.89. The van der Waals surface area contributed by atoms with Crippen molar-refractivity contribution in [2.45, 2.75) is 18.5 Å². The first-order chi connectivity index (χ1) is 15.9. The van der Waals surface area contributed by atoms with E-state index >= 15 is 0 Å². The zero-order valence-corrected chi connectivity index (χ0v) is 20.1. The van der Waals surface area contributed by atoms with E-state index in [2.05, 4.69) is 24.0 Å². The van der Waals surface area contributed by atoms with Gasteiger partial charge in [-0.1, -0.05) is 18.2 Å². The maximum Gasteiger partial charge on any atom is 0.243 e. The summed E-state index contributed by atoms with van der Waals surface area (Å²) < 4.78 is 37.1. The average molecular weight is 484 g/mol. The highest BCUT2D eigenvalue weighted by molar-refractivity contribution is 7.89. The zero-order chi connectivity index (χ0) is 23.2. The van der Waals surface area contributed by atoms with Crippen LogP contribution in [0.15, 0.2) is 59.5 Å². The zero-order valence-electron chi connectivity index (χ0n) is 18.5. The summed E-state index contributed by atoms with van der Waals surface area (Å²) >= 11 is 5.75. The van der Waals surface area contributed by atoms with E-state index in [4.69, 9.17) is 22.1 Å². The van der Waals surface area contributed by atoms with Crippen LogP contribution in [0.25, 0.3) is 16.6 Å². The van der Waals surface area contributed by atoms with Crippen LogP contribution in [0.5, 0.6) is 5.75 Å². The summed E-state index contributed by atoms with van der Waals surface area (Å²) in [5.41, 5.74) is 3.01. The van der Waals surface area contributed by atoms with E-state index in [1.54, 1.807) is 31.4 Å². The van der Waals surface area contributed by atoms with Gasteiger partial charge in [0, 0.05) is 31.6 Å². The maximum atomic E-state index is 13.0. The lowest BCUT2D eigenvalue weighted by Crippen LogP contribution is -2.48. The van der Waals surface area contributed by atoms with Gasteiger partial charge in [-0.15, -0.1) is 0 Å². The van der Waals surface area contributed by atoms with Gasteiger partial charge in [0.15, 0.2) is 5.65 Å². The molecule has 0 N–H and O–H groups in total. The molecule has 1 saturated heterocycles.